The summed E-state index contributed by atoms with van der Waals surface area (Å²) in [6, 6.07) is 7.36. The quantitative estimate of drug-likeness (QED) is 0.338. The minimum atomic E-state index is -0.593. The number of likely N-dealkylation sites (tertiary alicyclic amines) is 1. The number of hydrogen-bond acceptors (Lipinski definition) is 7. The zero-order valence-electron chi connectivity index (χ0n) is 24.0. The van der Waals surface area contributed by atoms with E-state index in [-0.39, 0.29) is 23.8 Å². The molecule has 6 rings (SSSR count). The Kier molecular flexibility index (Phi) is 6.80. The first-order valence-electron chi connectivity index (χ1n) is 14.0. The Morgan fingerprint density at radius 3 is 2.61 bits per heavy atom. The zero-order chi connectivity index (χ0) is 29.1. The molecule has 1 unspecified atom stereocenters. The fourth-order valence-corrected chi connectivity index (χ4v) is 6.48. The average Bonchev–Trinajstić information content (AvgIpc) is 3.45. The highest BCUT2D eigenvalue weighted by molar-refractivity contribution is 7.17. The van der Waals surface area contributed by atoms with Crippen LogP contribution in [0.25, 0.3) is 32.8 Å². The van der Waals surface area contributed by atoms with Crippen LogP contribution < -0.4 is 10.1 Å². The predicted octanol–water partition coefficient (Wildman–Crippen LogP) is 5.44. The van der Waals surface area contributed by atoms with E-state index in [9.17, 15) is 14.4 Å². The van der Waals surface area contributed by atoms with Gasteiger partial charge in [0.05, 0.1) is 18.3 Å². The molecule has 41 heavy (non-hydrogen) atoms. The molecule has 11 heteroatoms. The number of benzene rings is 1. The van der Waals surface area contributed by atoms with E-state index >= 15 is 0 Å². The highest BCUT2D eigenvalue weighted by Gasteiger charge is 2.34. The Bertz CT molecular complexity index is 1670. The van der Waals surface area contributed by atoms with Gasteiger partial charge in [0, 0.05) is 43.0 Å². The molecule has 2 amide bonds. The molecule has 1 saturated heterocycles. The molecule has 1 aromatic carbocycles. The summed E-state index contributed by atoms with van der Waals surface area (Å²) < 4.78 is 14.9. The van der Waals surface area contributed by atoms with E-state index in [1.807, 2.05) is 54.5 Å². The van der Waals surface area contributed by atoms with Gasteiger partial charge in [-0.3, -0.25) is 14.2 Å². The van der Waals surface area contributed by atoms with E-state index < -0.39 is 11.7 Å². The molecule has 1 atom stereocenters. The number of fused-ring (bicyclic) bond motifs is 2. The molecule has 0 bridgehead atoms. The molecular weight excluding hydrogens is 542 g/mol. The summed E-state index contributed by atoms with van der Waals surface area (Å²) in [5.41, 5.74) is 1.97. The number of amides is 2. The number of nitrogens with zero attached hydrogens (tertiary/aromatic N) is 4. The summed E-state index contributed by atoms with van der Waals surface area (Å²) in [6.45, 7) is 6.44. The maximum atomic E-state index is 13.7. The number of rotatable bonds is 5. The number of carbonyl (C=O) groups is 3. The van der Waals surface area contributed by atoms with Gasteiger partial charge in [0.15, 0.2) is 5.82 Å². The van der Waals surface area contributed by atoms with Crippen LogP contribution in [0.4, 0.5) is 4.79 Å². The predicted molar refractivity (Wildman–Crippen MR) is 158 cm³/mol. The Labute approximate surface area is 242 Å². The molecule has 2 aliphatic rings. The molecule has 1 N–H and O–H groups in total. The Balaban J connectivity index is 1.32. The third-order valence-corrected chi connectivity index (χ3v) is 8.53. The second kappa shape index (κ2) is 10.2. The molecule has 4 aromatic rings. The fourth-order valence-electron chi connectivity index (χ4n) is 5.58. The van der Waals surface area contributed by atoms with Crippen molar-refractivity contribution in [3.8, 4) is 17.3 Å². The summed E-state index contributed by atoms with van der Waals surface area (Å²) in [5, 5.41) is 5.91. The van der Waals surface area contributed by atoms with E-state index in [4.69, 9.17) is 14.5 Å². The zero-order valence-corrected chi connectivity index (χ0v) is 24.8. The number of alkyl carbamates (subject to hydrolysis) is 1. The number of piperidine rings is 1. The summed E-state index contributed by atoms with van der Waals surface area (Å²) in [5.74, 6) is 1.17. The van der Waals surface area contributed by atoms with Crippen molar-refractivity contribution in [1.29, 1.82) is 0 Å². The van der Waals surface area contributed by atoms with Gasteiger partial charge in [-0.15, -0.1) is 11.3 Å². The number of imidazole rings is 1. The smallest absolute Gasteiger partial charge is 0.407 e. The van der Waals surface area contributed by atoms with Crippen LogP contribution in [0.1, 0.15) is 61.6 Å². The first-order valence-corrected chi connectivity index (χ1v) is 14.9. The summed E-state index contributed by atoms with van der Waals surface area (Å²) >= 11 is 1.55. The molecular formula is C30H35N5O5S. The van der Waals surface area contributed by atoms with E-state index in [0.717, 1.165) is 47.1 Å². The highest BCUT2D eigenvalue weighted by atomic mass is 32.1. The third-order valence-electron chi connectivity index (χ3n) is 7.62. The number of hydrogen-bond donors (Lipinski definition) is 1. The van der Waals surface area contributed by atoms with Crippen molar-refractivity contribution in [3.63, 3.8) is 0 Å². The largest absolute Gasteiger partial charge is 0.494 e. The Morgan fingerprint density at radius 1 is 1.12 bits per heavy atom. The van der Waals surface area contributed by atoms with Gasteiger partial charge in [0.2, 0.25) is 5.91 Å². The number of aryl methyl sites for hydroxylation is 1. The van der Waals surface area contributed by atoms with Gasteiger partial charge in [-0.1, -0.05) is 0 Å². The van der Waals surface area contributed by atoms with Gasteiger partial charge < -0.3 is 24.3 Å². The van der Waals surface area contributed by atoms with E-state index in [2.05, 4.69) is 5.32 Å². The normalized spacial score (nSPS) is 17.7. The van der Waals surface area contributed by atoms with Crippen LogP contribution in [0.5, 0.6) is 5.75 Å². The van der Waals surface area contributed by atoms with Gasteiger partial charge in [-0.25, -0.2) is 9.78 Å². The number of nitrogens with one attached hydrogen (secondary N) is 1. The minimum absolute atomic E-state index is 0.0538. The summed E-state index contributed by atoms with van der Waals surface area (Å²) in [6.07, 6.45) is 2.88. The van der Waals surface area contributed by atoms with Crippen LogP contribution in [-0.2, 0) is 11.8 Å². The molecule has 1 aliphatic heterocycles. The molecule has 10 nitrogen and oxygen atoms in total. The fraction of sp³-hybridized carbons (Fsp3) is 0.467. The Morgan fingerprint density at radius 2 is 1.90 bits per heavy atom. The highest BCUT2D eigenvalue weighted by Crippen LogP contribution is 2.39. The lowest BCUT2D eigenvalue weighted by Gasteiger charge is -2.33. The molecule has 4 heterocycles. The Hall–Kier alpha value is -3.86. The van der Waals surface area contributed by atoms with Crippen molar-refractivity contribution >= 4 is 50.5 Å². The molecule has 216 valence electrons. The maximum Gasteiger partial charge on any atom is 0.407 e. The first-order chi connectivity index (χ1) is 19.5. The minimum Gasteiger partial charge on any atom is -0.494 e. The molecule has 1 saturated carbocycles. The monoisotopic (exact) mass is 577 g/mol. The topological polar surface area (TPSA) is 108 Å². The second-order valence-corrected chi connectivity index (χ2v) is 12.8. The van der Waals surface area contributed by atoms with Crippen LogP contribution >= 0.6 is 11.3 Å². The number of thiophene rings is 1. The van der Waals surface area contributed by atoms with Crippen LogP contribution in [0.15, 0.2) is 29.6 Å². The number of ether oxygens (including phenoxy) is 2. The molecule has 1 aliphatic carbocycles. The van der Waals surface area contributed by atoms with E-state index in [1.54, 1.807) is 35.5 Å². The van der Waals surface area contributed by atoms with E-state index in [1.165, 1.54) is 0 Å². The van der Waals surface area contributed by atoms with Crippen LogP contribution in [0.2, 0.25) is 0 Å². The lowest BCUT2D eigenvalue weighted by molar-refractivity contribution is 0.0452. The lowest BCUT2D eigenvalue weighted by atomic mass is 10.0. The van der Waals surface area contributed by atoms with Crippen LogP contribution in [0, 0.1) is 5.92 Å². The second-order valence-electron chi connectivity index (χ2n) is 11.9. The van der Waals surface area contributed by atoms with Gasteiger partial charge in [-0.2, -0.15) is 0 Å². The number of carbonyl (C=O) groups excluding carboxylic acids is 3. The van der Waals surface area contributed by atoms with Crippen molar-refractivity contribution < 1.29 is 23.9 Å². The molecule has 3 aromatic heterocycles. The van der Waals surface area contributed by atoms with Gasteiger partial charge in [-0.05, 0) is 76.1 Å². The molecule has 0 spiro atoms. The maximum absolute atomic E-state index is 13.7. The van der Waals surface area contributed by atoms with Gasteiger partial charge in [0.1, 0.15) is 21.7 Å². The SMILES string of the molecule is COc1cc(C(=O)N2CCCC(NC(=O)OC(C)(C)C)C2)cc2nc(-c3cc4ccsc4n3C(=O)C3CC3)n(C)c12. The summed E-state index contributed by atoms with van der Waals surface area (Å²) in [4.78, 5) is 46.9. The van der Waals surface area contributed by atoms with Crippen LogP contribution in [0.3, 0.4) is 0 Å². The third kappa shape index (κ3) is 5.18. The lowest BCUT2D eigenvalue weighted by Crippen LogP contribution is -2.50. The van der Waals surface area contributed by atoms with Crippen LogP contribution in [-0.4, -0.2) is 68.8 Å². The molecule has 2 fully saturated rings. The van der Waals surface area contributed by atoms with Crippen molar-refractivity contribution in [3.05, 3.63) is 35.2 Å². The standard InChI is InChI=1S/C30H35N5O5S/c1-30(2,3)40-29(38)31-20-7-6-11-34(16-20)26(36)19-13-21-24(23(15-19)39-5)33(4)25(32-21)22-14-18-10-12-41-28(18)35(22)27(37)17-8-9-17/h10,12-15,17,20H,6-9,11,16H2,1-5H3,(H,31,38). The van der Waals surface area contributed by atoms with Crippen molar-refractivity contribution in [1.82, 2.24) is 24.3 Å². The number of aromatic nitrogens is 3. The summed E-state index contributed by atoms with van der Waals surface area (Å²) in [7, 11) is 3.48. The van der Waals surface area contributed by atoms with E-state index in [0.29, 0.717) is 35.7 Å². The van der Waals surface area contributed by atoms with Gasteiger partial charge in [0.25, 0.3) is 5.91 Å². The molecule has 0 radical (unpaired) electrons. The van der Waals surface area contributed by atoms with Crippen molar-refractivity contribution in [2.45, 2.75) is 58.1 Å². The van der Waals surface area contributed by atoms with Crippen molar-refractivity contribution in [2.75, 3.05) is 20.2 Å². The first kappa shape index (κ1) is 27.3. The number of methoxy groups -OCH3 is 1. The average molecular weight is 578 g/mol. The van der Waals surface area contributed by atoms with Gasteiger partial charge >= 0.3 is 6.09 Å². The van der Waals surface area contributed by atoms with Crippen molar-refractivity contribution in [2.24, 2.45) is 13.0 Å².